The average molecular weight is 558 g/mol. The second-order valence-corrected chi connectivity index (χ2v) is 11.4. The summed E-state index contributed by atoms with van der Waals surface area (Å²) in [5.41, 5.74) is 6.53. The van der Waals surface area contributed by atoms with Crippen LogP contribution in [-0.4, -0.2) is 57.2 Å². The fraction of sp³-hybridized carbons (Fsp3) is 0.370. The van der Waals surface area contributed by atoms with Crippen LogP contribution >= 0.6 is 0 Å². The fourth-order valence-corrected chi connectivity index (χ4v) is 5.29. The van der Waals surface area contributed by atoms with Gasteiger partial charge in [-0.1, -0.05) is 19.9 Å². The van der Waals surface area contributed by atoms with Gasteiger partial charge in [-0.25, -0.2) is 19.1 Å². The van der Waals surface area contributed by atoms with Crippen molar-refractivity contribution in [3.63, 3.8) is 0 Å². The molecule has 1 amide bonds. The van der Waals surface area contributed by atoms with E-state index in [0.29, 0.717) is 36.8 Å². The molecule has 0 unspecified atom stereocenters. The number of rotatable bonds is 10. The zero-order valence-electron chi connectivity index (χ0n) is 22.1. The Morgan fingerprint density at radius 1 is 1.21 bits per heavy atom. The highest BCUT2D eigenvalue weighted by molar-refractivity contribution is 7.90. The molecule has 1 fully saturated rings. The van der Waals surface area contributed by atoms with Crippen molar-refractivity contribution >= 4 is 27.6 Å². The molecule has 39 heavy (non-hydrogen) atoms. The van der Waals surface area contributed by atoms with Gasteiger partial charge < -0.3 is 20.1 Å². The zero-order valence-corrected chi connectivity index (χ0v) is 22.9. The number of amides is 1. The molecule has 2 aromatic heterocycles. The highest BCUT2D eigenvalue weighted by Gasteiger charge is 2.31. The maximum Gasteiger partial charge on any atom is 0.281 e. The second-order valence-electron chi connectivity index (χ2n) is 9.73. The summed E-state index contributed by atoms with van der Waals surface area (Å²) in [6, 6.07) is 11.4. The Labute approximate surface area is 227 Å². The predicted octanol–water partition coefficient (Wildman–Crippen LogP) is 3.63. The molecule has 1 aliphatic rings. The van der Waals surface area contributed by atoms with Crippen molar-refractivity contribution < 1.29 is 27.1 Å². The lowest BCUT2D eigenvalue weighted by molar-refractivity contribution is 0.0981. The number of nitrogen functional groups attached to an aromatic ring is 1. The molecule has 12 heteroatoms. The summed E-state index contributed by atoms with van der Waals surface area (Å²) in [6.45, 7) is 5.38. The van der Waals surface area contributed by atoms with Gasteiger partial charge in [0.05, 0.1) is 30.5 Å². The van der Waals surface area contributed by atoms with E-state index in [1.54, 1.807) is 19.2 Å². The molecular formula is C27H32FN5O5S. The van der Waals surface area contributed by atoms with Crippen LogP contribution in [0.1, 0.15) is 37.0 Å². The van der Waals surface area contributed by atoms with Crippen LogP contribution in [0.15, 0.2) is 53.6 Å². The number of benzene rings is 1. The number of anilines is 2. The van der Waals surface area contributed by atoms with Crippen LogP contribution < -0.4 is 20.1 Å². The van der Waals surface area contributed by atoms with Crippen LogP contribution in [0.5, 0.6) is 5.75 Å². The summed E-state index contributed by atoms with van der Waals surface area (Å²) in [6.07, 6.45) is 1.64. The summed E-state index contributed by atoms with van der Waals surface area (Å²) in [4.78, 5) is 23.8. The third kappa shape index (κ3) is 6.82. The van der Waals surface area contributed by atoms with E-state index in [-0.39, 0.29) is 34.2 Å². The van der Waals surface area contributed by atoms with E-state index in [4.69, 9.17) is 20.2 Å². The van der Waals surface area contributed by atoms with Gasteiger partial charge in [0.15, 0.2) is 5.03 Å². The topological polar surface area (TPSA) is 137 Å². The maximum absolute atomic E-state index is 14.5. The first-order chi connectivity index (χ1) is 18.6. The number of nitrogens with one attached hydrogen (secondary N) is 1. The summed E-state index contributed by atoms with van der Waals surface area (Å²) in [5, 5.41) is -0.380. The number of hydrogen-bond donors (Lipinski definition) is 2. The molecule has 1 aromatic carbocycles. The van der Waals surface area contributed by atoms with E-state index in [2.05, 4.69) is 9.71 Å². The number of aromatic nitrogens is 2. The standard InChI is InChI=1S/C27H32FN5O5S/c1-17(2)15-38-21-13-18(12-19(28)14-21)23-10-9-22(26(30-23)33-11-5-6-20(33)16-37-3)27(34)32-39(35,36)25-8-4-7-24(29)31-25/h4,7-10,12-14,17,20H,5-6,11,15-16H2,1-3H3,(H2,29,31)(H,32,34)/t20-/m1/s1. The molecule has 0 aliphatic carbocycles. The van der Waals surface area contributed by atoms with Crippen molar-refractivity contribution in [1.82, 2.24) is 14.7 Å². The van der Waals surface area contributed by atoms with Gasteiger partial charge in [-0.05, 0) is 55.2 Å². The first-order valence-electron chi connectivity index (χ1n) is 12.6. The first kappa shape index (κ1) is 28.2. The number of hydrogen-bond acceptors (Lipinski definition) is 9. The van der Waals surface area contributed by atoms with Gasteiger partial charge in [0.2, 0.25) is 0 Å². The van der Waals surface area contributed by atoms with Crippen LogP contribution in [-0.2, 0) is 14.8 Å². The number of methoxy groups -OCH3 is 1. The Balaban J connectivity index is 1.74. The van der Waals surface area contributed by atoms with E-state index < -0.39 is 21.7 Å². The molecule has 0 radical (unpaired) electrons. The van der Waals surface area contributed by atoms with Crippen LogP contribution in [0.3, 0.4) is 0 Å². The van der Waals surface area contributed by atoms with E-state index in [1.165, 1.54) is 36.4 Å². The number of nitrogens with two attached hydrogens (primary N) is 1. The van der Waals surface area contributed by atoms with Crippen LogP contribution in [0.25, 0.3) is 11.3 Å². The minimum Gasteiger partial charge on any atom is -0.493 e. The Kier molecular flexibility index (Phi) is 8.66. The first-order valence-corrected chi connectivity index (χ1v) is 14.1. The number of ether oxygens (including phenoxy) is 2. The van der Waals surface area contributed by atoms with Gasteiger partial charge in [-0.2, -0.15) is 8.42 Å². The van der Waals surface area contributed by atoms with Crippen molar-refractivity contribution in [2.45, 2.75) is 37.8 Å². The molecule has 208 valence electrons. The molecule has 1 aliphatic heterocycles. The van der Waals surface area contributed by atoms with Crippen LogP contribution in [0.2, 0.25) is 0 Å². The molecule has 3 N–H and O–H groups in total. The van der Waals surface area contributed by atoms with E-state index in [1.807, 2.05) is 18.7 Å². The van der Waals surface area contributed by atoms with Gasteiger partial charge in [-0.3, -0.25) is 4.79 Å². The summed E-state index contributed by atoms with van der Waals surface area (Å²) in [7, 11) is -2.72. The number of carbonyl (C=O) groups excluding carboxylic acids is 1. The SMILES string of the molecule is COC[C@H]1CCCN1c1nc(-c2cc(F)cc(OCC(C)C)c2)ccc1C(=O)NS(=O)(=O)c1cccc(N)n1. The quantitative estimate of drug-likeness (QED) is 0.383. The number of halogens is 1. The molecule has 0 bridgehead atoms. The molecule has 4 rings (SSSR count). The maximum atomic E-state index is 14.5. The van der Waals surface area contributed by atoms with Gasteiger partial charge >= 0.3 is 0 Å². The lowest BCUT2D eigenvalue weighted by Crippen LogP contribution is -2.37. The summed E-state index contributed by atoms with van der Waals surface area (Å²) < 4.78 is 53.4. The third-order valence-electron chi connectivity index (χ3n) is 6.13. The number of nitrogens with zero attached hydrogens (tertiary/aromatic N) is 3. The number of carbonyl (C=O) groups is 1. The highest BCUT2D eigenvalue weighted by Crippen LogP contribution is 2.32. The highest BCUT2D eigenvalue weighted by atomic mass is 32.2. The minimum absolute atomic E-state index is 0.00310. The van der Waals surface area contributed by atoms with Crippen molar-refractivity contribution in [3.05, 3.63) is 59.9 Å². The lowest BCUT2D eigenvalue weighted by atomic mass is 10.1. The molecule has 3 aromatic rings. The average Bonchev–Trinajstić information content (AvgIpc) is 3.35. The predicted molar refractivity (Wildman–Crippen MR) is 146 cm³/mol. The van der Waals surface area contributed by atoms with Gasteiger partial charge in [0.25, 0.3) is 15.9 Å². The lowest BCUT2D eigenvalue weighted by Gasteiger charge is -2.27. The monoisotopic (exact) mass is 557 g/mol. The Bertz CT molecular complexity index is 1450. The minimum atomic E-state index is -4.31. The second kappa shape index (κ2) is 12.0. The molecule has 0 spiro atoms. The summed E-state index contributed by atoms with van der Waals surface area (Å²) in [5.74, 6) is -0.473. The fourth-order valence-electron chi connectivity index (χ4n) is 4.35. The van der Waals surface area contributed by atoms with Crippen molar-refractivity contribution in [1.29, 1.82) is 0 Å². The Morgan fingerprint density at radius 3 is 2.72 bits per heavy atom. The van der Waals surface area contributed by atoms with Gasteiger partial charge in [-0.15, -0.1) is 0 Å². The normalized spacial score (nSPS) is 15.5. The Morgan fingerprint density at radius 2 is 2.00 bits per heavy atom. The van der Waals surface area contributed by atoms with Crippen LogP contribution in [0, 0.1) is 11.7 Å². The largest absolute Gasteiger partial charge is 0.493 e. The third-order valence-corrected chi connectivity index (χ3v) is 7.36. The molecule has 10 nitrogen and oxygen atoms in total. The van der Waals surface area contributed by atoms with E-state index in [9.17, 15) is 17.6 Å². The molecule has 1 saturated heterocycles. The number of sulfonamides is 1. The van der Waals surface area contributed by atoms with Crippen molar-refractivity contribution in [2.75, 3.05) is 37.5 Å². The van der Waals surface area contributed by atoms with E-state index in [0.717, 1.165) is 12.8 Å². The molecule has 1 atom stereocenters. The molecule has 0 saturated carbocycles. The van der Waals surface area contributed by atoms with Crippen molar-refractivity contribution in [2.24, 2.45) is 5.92 Å². The molecular weight excluding hydrogens is 525 g/mol. The summed E-state index contributed by atoms with van der Waals surface area (Å²) >= 11 is 0. The number of pyridine rings is 2. The van der Waals surface area contributed by atoms with Gasteiger partial charge in [0.1, 0.15) is 23.2 Å². The van der Waals surface area contributed by atoms with Gasteiger partial charge in [0, 0.05) is 25.3 Å². The Hall–Kier alpha value is -3.77. The van der Waals surface area contributed by atoms with E-state index >= 15 is 0 Å². The zero-order chi connectivity index (χ0) is 28.2. The smallest absolute Gasteiger partial charge is 0.281 e. The van der Waals surface area contributed by atoms with Crippen molar-refractivity contribution in [3.8, 4) is 17.0 Å². The van der Waals surface area contributed by atoms with Crippen LogP contribution in [0.4, 0.5) is 16.0 Å². The molecule has 3 heterocycles.